The van der Waals surface area contributed by atoms with E-state index in [-0.39, 0.29) is 17.4 Å². The molecule has 0 saturated heterocycles. The molecule has 2 N–H and O–H groups in total. The van der Waals surface area contributed by atoms with Crippen LogP contribution in [0.5, 0.6) is 23.0 Å². The molecule has 0 saturated carbocycles. The number of methoxy groups -OCH3 is 2. The fraction of sp³-hybridized carbons (Fsp3) is 0.176. The van der Waals surface area contributed by atoms with Crippen molar-refractivity contribution in [2.24, 2.45) is 0 Å². The van der Waals surface area contributed by atoms with Gasteiger partial charge in [0.05, 0.1) is 14.2 Å². The Bertz CT molecular complexity index is 649. The molecule has 0 radical (unpaired) electrons. The van der Waals surface area contributed by atoms with Crippen LogP contribution in [0.15, 0.2) is 49.1 Å². The zero-order chi connectivity index (χ0) is 15.4. The summed E-state index contributed by atoms with van der Waals surface area (Å²) in [6.45, 7) is 3.84. The molecule has 0 heterocycles. The molecule has 0 bridgehead atoms. The van der Waals surface area contributed by atoms with Crippen LogP contribution in [0.3, 0.4) is 0 Å². The van der Waals surface area contributed by atoms with E-state index in [9.17, 15) is 10.2 Å². The van der Waals surface area contributed by atoms with Crippen molar-refractivity contribution < 1.29 is 19.7 Å². The first-order valence-corrected chi connectivity index (χ1v) is 6.47. The summed E-state index contributed by atoms with van der Waals surface area (Å²) in [6, 6.07) is 10.1. The number of hydrogen-bond donors (Lipinski definition) is 2. The van der Waals surface area contributed by atoms with E-state index in [1.54, 1.807) is 43.5 Å². The van der Waals surface area contributed by atoms with Crippen molar-refractivity contribution in [2.75, 3.05) is 14.2 Å². The van der Waals surface area contributed by atoms with E-state index in [1.165, 1.54) is 7.11 Å². The van der Waals surface area contributed by atoms with E-state index in [4.69, 9.17) is 9.47 Å². The smallest absolute Gasteiger partial charge is 0.164 e. The third-order valence-electron chi connectivity index (χ3n) is 3.33. The second-order valence-corrected chi connectivity index (χ2v) is 4.57. The van der Waals surface area contributed by atoms with Crippen molar-refractivity contribution in [2.45, 2.75) is 5.92 Å². The van der Waals surface area contributed by atoms with Gasteiger partial charge in [0, 0.05) is 17.5 Å². The molecule has 0 aromatic heterocycles. The molecule has 0 fully saturated rings. The van der Waals surface area contributed by atoms with Crippen LogP contribution in [0.25, 0.3) is 0 Å². The Balaban J connectivity index is 2.56. The molecular formula is C17H18O4. The number of rotatable bonds is 5. The lowest BCUT2D eigenvalue weighted by atomic mass is 9.90. The average molecular weight is 286 g/mol. The van der Waals surface area contributed by atoms with E-state index < -0.39 is 0 Å². The number of benzene rings is 2. The van der Waals surface area contributed by atoms with Crippen molar-refractivity contribution >= 4 is 0 Å². The molecule has 1 atom stereocenters. The fourth-order valence-electron chi connectivity index (χ4n) is 2.31. The van der Waals surface area contributed by atoms with Crippen molar-refractivity contribution in [1.82, 2.24) is 0 Å². The van der Waals surface area contributed by atoms with Gasteiger partial charge in [-0.2, -0.15) is 0 Å². The highest BCUT2D eigenvalue weighted by molar-refractivity contribution is 5.54. The van der Waals surface area contributed by atoms with Gasteiger partial charge in [0.2, 0.25) is 0 Å². The fourth-order valence-corrected chi connectivity index (χ4v) is 2.31. The SMILES string of the molecule is C=CC(c1cccc(O)c1)c1cc(O)c(OC)cc1OC. The van der Waals surface area contributed by atoms with E-state index >= 15 is 0 Å². The van der Waals surface area contributed by atoms with Crippen molar-refractivity contribution in [1.29, 1.82) is 0 Å². The highest BCUT2D eigenvalue weighted by Crippen LogP contribution is 2.40. The van der Waals surface area contributed by atoms with Crippen molar-refractivity contribution in [3.8, 4) is 23.0 Å². The normalized spacial score (nSPS) is 11.7. The lowest BCUT2D eigenvalue weighted by Crippen LogP contribution is -2.01. The molecule has 0 amide bonds. The Labute approximate surface area is 123 Å². The van der Waals surface area contributed by atoms with E-state index in [1.807, 2.05) is 6.07 Å². The van der Waals surface area contributed by atoms with Crippen molar-refractivity contribution in [3.05, 3.63) is 60.2 Å². The zero-order valence-electron chi connectivity index (χ0n) is 12.0. The molecule has 4 heteroatoms. The Morgan fingerprint density at radius 1 is 1.05 bits per heavy atom. The summed E-state index contributed by atoms with van der Waals surface area (Å²) in [5.41, 5.74) is 1.60. The molecule has 2 aromatic rings. The van der Waals surface area contributed by atoms with Crippen LogP contribution in [0.1, 0.15) is 17.0 Å². The summed E-state index contributed by atoms with van der Waals surface area (Å²) >= 11 is 0. The van der Waals surface area contributed by atoms with Crippen LogP contribution in [-0.4, -0.2) is 24.4 Å². The van der Waals surface area contributed by atoms with Crippen LogP contribution in [0.4, 0.5) is 0 Å². The second-order valence-electron chi connectivity index (χ2n) is 4.57. The number of ether oxygens (including phenoxy) is 2. The highest BCUT2D eigenvalue weighted by Gasteiger charge is 2.19. The molecule has 1 unspecified atom stereocenters. The van der Waals surface area contributed by atoms with Gasteiger partial charge in [-0.25, -0.2) is 0 Å². The van der Waals surface area contributed by atoms with Gasteiger partial charge in [-0.3, -0.25) is 0 Å². The minimum Gasteiger partial charge on any atom is -0.508 e. The summed E-state index contributed by atoms with van der Waals surface area (Å²) in [7, 11) is 3.03. The molecule has 0 aliphatic carbocycles. The standard InChI is InChI=1S/C17H18O4/c1-4-13(11-6-5-7-12(18)8-11)14-9-15(19)17(21-3)10-16(14)20-2/h4-10,13,18-19H,1H2,2-3H3. The first kappa shape index (κ1) is 14.8. The maximum Gasteiger partial charge on any atom is 0.164 e. The monoisotopic (exact) mass is 286 g/mol. The van der Waals surface area contributed by atoms with Crippen LogP contribution in [0.2, 0.25) is 0 Å². The third-order valence-corrected chi connectivity index (χ3v) is 3.33. The van der Waals surface area contributed by atoms with E-state index in [0.29, 0.717) is 11.5 Å². The van der Waals surface area contributed by atoms with Gasteiger partial charge in [-0.05, 0) is 23.8 Å². The summed E-state index contributed by atoms with van der Waals surface area (Å²) in [5.74, 6) is 0.910. The molecule has 0 spiro atoms. The third kappa shape index (κ3) is 2.94. The van der Waals surface area contributed by atoms with Gasteiger partial charge < -0.3 is 19.7 Å². The molecular weight excluding hydrogens is 268 g/mol. The van der Waals surface area contributed by atoms with Gasteiger partial charge >= 0.3 is 0 Å². The number of hydrogen-bond acceptors (Lipinski definition) is 4. The quantitative estimate of drug-likeness (QED) is 0.827. The second kappa shape index (κ2) is 6.22. The topological polar surface area (TPSA) is 58.9 Å². The molecule has 4 nitrogen and oxygen atoms in total. The largest absolute Gasteiger partial charge is 0.508 e. The van der Waals surface area contributed by atoms with Crippen LogP contribution in [0, 0.1) is 0 Å². The first-order valence-electron chi connectivity index (χ1n) is 6.47. The van der Waals surface area contributed by atoms with Gasteiger partial charge in [-0.1, -0.05) is 18.2 Å². The molecule has 2 aromatic carbocycles. The lowest BCUT2D eigenvalue weighted by Gasteiger charge is -2.18. The number of allylic oxidation sites excluding steroid dienone is 1. The Morgan fingerprint density at radius 3 is 2.33 bits per heavy atom. The average Bonchev–Trinajstić information content (AvgIpc) is 2.48. The minimum absolute atomic E-state index is 0.0281. The summed E-state index contributed by atoms with van der Waals surface area (Å²) < 4.78 is 10.5. The van der Waals surface area contributed by atoms with Gasteiger partial charge in [0.1, 0.15) is 11.5 Å². The molecule has 2 rings (SSSR count). The van der Waals surface area contributed by atoms with Crippen LogP contribution < -0.4 is 9.47 Å². The molecule has 0 aliphatic rings. The van der Waals surface area contributed by atoms with Gasteiger partial charge in [-0.15, -0.1) is 6.58 Å². The maximum atomic E-state index is 9.99. The van der Waals surface area contributed by atoms with Crippen molar-refractivity contribution in [3.63, 3.8) is 0 Å². The van der Waals surface area contributed by atoms with Crippen LogP contribution in [-0.2, 0) is 0 Å². The zero-order valence-corrected chi connectivity index (χ0v) is 12.0. The number of aromatic hydroxyl groups is 2. The predicted octanol–water partition coefficient (Wildman–Crippen LogP) is 3.43. The Hall–Kier alpha value is -2.62. The van der Waals surface area contributed by atoms with Crippen LogP contribution >= 0.6 is 0 Å². The summed E-state index contributed by atoms with van der Waals surface area (Å²) in [6.07, 6.45) is 1.73. The summed E-state index contributed by atoms with van der Waals surface area (Å²) in [4.78, 5) is 0. The first-order chi connectivity index (χ1) is 10.1. The Morgan fingerprint density at radius 2 is 1.76 bits per heavy atom. The number of phenolic OH excluding ortho intramolecular Hbond substituents is 2. The van der Waals surface area contributed by atoms with E-state index in [2.05, 4.69) is 6.58 Å². The molecule has 21 heavy (non-hydrogen) atoms. The number of phenols is 2. The predicted molar refractivity (Wildman–Crippen MR) is 81.4 cm³/mol. The van der Waals surface area contributed by atoms with Gasteiger partial charge in [0.15, 0.2) is 11.5 Å². The van der Waals surface area contributed by atoms with E-state index in [0.717, 1.165) is 11.1 Å². The molecule has 110 valence electrons. The lowest BCUT2D eigenvalue weighted by molar-refractivity contribution is 0.362. The highest BCUT2D eigenvalue weighted by atomic mass is 16.5. The maximum absolute atomic E-state index is 9.99. The minimum atomic E-state index is -0.219. The molecule has 0 aliphatic heterocycles. The summed E-state index contributed by atoms with van der Waals surface area (Å²) in [5, 5.41) is 19.6. The Kier molecular flexibility index (Phi) is 4.38. The van der Waals surface area contributed by atoms with Gasteiger partial charge in [0.25, 0.3) is 0 Å².